The average molecular weight is 471 g/mol. The molecule has 8 nitrogen and oxygen atoms in total. The summed E-state index contributed by atoms with van der Waals surface area (Å²) in [5.41, 5.74) is 6.28. The molecule has 4 heterocycles. The number of ether oxygens (including phenoxy) is 2. The van der Waals surface area contributed by atoms with Crippen LogP contribution in [0.1, 0.15) is 24.8 Å². The predicted molar refractivity (Wildman–Crippen MR) is 117 cm³/mol. The third-order valence-corrected chi connectivity index (χ3v) is 9.91. The van der Waals surface area contributed by atoms with Crippen molar-refractivity contribution in [3.63, 3.8) is 0 Å². The molecule has 0 amide bonds. The van der Waals surface area contributed by atoms with Gasteiger partial charge in [-0.3, -0.25) is 0 Å². The minimum Gasteiger partial charge on any atom is -0.489 e. The van der Waals surface area contributed by atoms with E-state index in [0.29, 0.717) is 29.8 Å². The van der Waals surface area contributed by atoms with Crippen molar-refractivity contribution in [2.45, 2.75) is 37.0 Å². The zero-order valence-electron chi connectivity index (χ0n) is 17.8. The molecule has 5 aliphatic rings. The fourth-order valence-electron chi connectivity index (χ4n) is 6.18. The quantitative estimate of drug-likeness (QED) is 0.685. The molecule has 0 radical (unpaired) electrons. The van der Waals surface area contributed by atoms with Crippen LogP contribution in [0.5, 0.6) is 5.75 Å². The fraction of sp³-hybridized carbons (Fsp3) is 0.478. The number of piperidine rings is 1. The molecule has 1 unspecified atom stereocenters. The Morgan fingerprint density at radius 2 is 2.06 bits per heavy atom. The summed E-state index contributed by atoms with van der Waals surface area (Å²) >= 11 is 0. The number of hydrogen-bond donors (Lipinski definition) is 1. The number of sulfonamides is 1. The molecule has 7 rings (SSSR count). The highest BCUT2D eigenvalue weighted by atomic mass is 32.2. The second kappa shape index (κ2) is 6.24. The summed E-state index contributed by atoms with van der Waals surface area (Å²) in [6.45, 7) is 0.691. The van der Waals surface area contributed by atoms with Crippen molar-refractivity contribution >= 4 is 16.0 Å². The lowest BCUT2D eigenvalue weighted by Crippen LogP contribution is -2.55. The van der Waals surface area contributed by atoms with Gasteiger partial charge in [-0.25, -0.2) is 22.7 Å². The first kappa shape index (κ1) is 19.7. The van der Waals surface area contributed by atoms with Crippen LogP contribution in [0.25, 0.3) is 11.1 Å². The molecule has 2 N–H and O–H groups in total. The highest BCUT2D eigenvalue weighted by Gasteiger charge is 2.89. The van der Waals surface area contributed by atoms with Gasteiger partial charge < -0.3 is 15.2 Å². The maximum absolute atomic E-state index is 14.4. The van der Waals surface area contributed by atoms with E-state index in [4.69, 9.17) is 20.2 Å². The molecule has 2 saturated carbocycles. The first-order valence-corrected chi connectivity index (χ1v) is 12.9. The number of nitrogens with zero attached hydrogens (tertiary/aromatic N) is 3. The number of aliphatic imine (C=N–C) groups is 1. The summed E-state index contributed by atoms with van der Waals surface area (Å²) < 4.78 is 54.6. The molecule has 2 spiro atoms. The second-order valence-corrected chi connectivity index (χ2v) is 11.8. The van der Waals surface area contributed by atoms with Gasteiger partial charge >= 0.3 is 0 Å². The topological polar surface area (TPSA) is 107 Å². The van der Waals surface area contributed by atoms with E-state index in [1.165, 1.54) is 6.20 Å². The van der Waals surface area contributed by atoms with Crippen molar-refractivity contribution in [3.05, 3.63) is 48.0 Å². The summed E-state index contributed by atoms with van der Waals surface area (Å²) in [5.74, 6) is 0.553. The first-order valence-electron chi connectivity index (χ1n) is 11.3. The molecule has 2 aromatic rings. The molecule has 172 valence electrons. The van der Waals surface area contributed by atoms with Gasteiger partial charge in [-0.15, -0.1) is 0 Å². The van der Waals surface area contributed by atoms with Gasteiger partial charge in [-0.1, -0.05) is 6.07 Å². The lowest BCUT2D eigenvalue weighted by atomic mass is 9.81. The Morgan fingerprint density at radius 1 is 1.21 bits per heavy atom. The van der Waals surface area contributed by atoms with Crippen molar-refractivity contribution in [2.24, 2.45) is 22.1 Å². The van der Waals surface area contributed by atoms with Crippen molar-refractivity contribution in [1.29, 1.82) is 0 Å². The van der Waals surface area contributed by atoms with Gasteiger partial charge in [0.15, 0.2) is 0 Å². The molecule has 2 aliphatic carbocycles. The van der Waals surface area contributed by atoms with Gasteiger partial charge in [-0.05, 0) is 55.0 Å². The van der Waals surface area contributed by atoms with Crippen LogP contribution in [0.2, 0.25) is 0 Å². The zero-order valence-corrected chi connectivity index (χ0v) is 18.6. The Hall–Kier alpha value is -2.72. The number of rotatable bonds is 4. The minimum atomic E-state index is -3.38. The molecule has 1 aromatic heterocycles. The maximum Gasteiger partial charge on any atom is 0.283 e. The minimum absolute atomic E-state index is 0.0909. The Balaban J connectivity index is 1.33. The van der Waals surface area contributed by atoms with E-state index >= 15 is 0 Å². The van der Waals surface area contributed by atoms with Gasteiger partial charge in [0, 0.05) is 30.4 Å². The van der Waals surface area contributed by atoms with Crippen LogP contribution in [0, 0.1) is 17.3 Å². The van der Waals surface area contributed by atoms with Crippen LogP contribution in [0.3, 0.4) is 0 Å². The molecular formula is C23H23FN4O4S. The molecule has 3 aliphatic heterocycles. The van der Waals surface area contributed by atoms with Gasteiger partial charge in [-0.2, -0.15) is 4.39 Å². The van der Waals surface area contributed by atoms with Crippen LogP contribution in [0.15, 0.2) is 41.5 Å². The summed E-state index contributed by atoms with van der Waals surface area (Å²) in [5, 5.41) is 0. The van der Waals surface area contributed by atoms with Crippen LogP contribution < -0.4 is 10.5 Å². The second-order valence-electron chi connectivity index (χ2n) is 9.76. The average Bonchev–Trinajstić information content (AvgIpc) is 3.66. The van der Waals surface area contributed by atoms with Gasteiger partial charge in [0.1, 0.15) is 23.5 Å². The Labute approximate surface area is 190 Å². The zero-order chi connectivity index (χ0) is 22.6. The van der Waals surface area contributed by atoms with Crippen LogP contribution in [-0.4, -0.2) is 54.8 Å². The van der Waals surface area contributed by atoms with Crippen LogP contribution >= 0.6 is 0 Å². The number of hydrogen-bond acceptors (Lipinski definition) is 7. The van der Waals surface area contributed by atoms with E-state index in [1.807, 2.05) is 12.1 Å². The highest BCUT2D eigenvalue weighted by Crippen LogP contribution is 2.76. The molecule has 4 atom stereocenters. The van der Waals surface area contributed by atoms with E-state index in [0.717, 1.165) is 18.4 Å². The molecule has 33 heavy (non-hydrogen) atoms. The fourth-order valence-corrected chi connectivity index (χ4v) is 8.11. The van der Waals surface area contributed by atoms with Gasteiger partial charge in [0.05, 0.1) is 11.2 Å². The Morgan fingerprint density at radius 3 is 2.85 bits per heavy atom. The van der Waals surface area contributed by atoms with Crippen molar-refractivity contribution in [1.82, 2.24) is 9.29 Å². The standard InChI is InChI=1S/C23H23FN4O4S/c24-19-15(2-1-8-26-19)14-5-6-17-16(10-14)23-20(32-21(25)27-23)22(23)12-28(9-7-18(22)31-17)33(29,30)11-13-3-4-13/h1-2,5-6,8,10,13,18,20H,3-4,7,9,11-12H2,(H2,25,27)/t18-,20+,22-,23?/m0/s1. The number of benzene rings is 1. The number of amidine groups is 1. The van der Waals surface area contributed by atoms with Gasteiger partial charge in [0.2, 0.25) is 16.0 Å². The lowest BCUT2D eigenvalue weighted by Gasteiger charge is -2.43. The number of pyridine rings is 1. The summed E-state index contributed by atoms with van der Waals surface area (Å²) in [6.07, 6.45) is 3.26. The molecule has 1 aromatic carbocycles. The molecular weight excluding hydrogens is 447 g/mol. The number of nitrogens with two attached hydrogens (primary N) is 1. The monoisotopic (exact) mass is 470 g/mol. The Kier molecular flexibility index (Phi) is 3.73. The highest BCUT2D eigenvalue weighted by molar-refractivity contribution is 7.89. The Bertz CT molecular complexity index is 1330. The SMILES string of the molecule is NC1=NC23c4cc(-c5cccnc5F)ccc4O[C@H]4CCN(S(=O)(=O)CC5CC5)C[C@@]42[C@H]3O1. The normalized spacial score (nSPS) is 34.2. The first-order chi connectivity index (χ1) is 15.8. The van der Waals surface area contributed by atoms with Crippen molar-refractivity contribution in [3.8, 4) is 16.9 Å². The smallest absolute Gasteiger partial charge is 0.283 e. The van der Waals surface area contributed by atoms with E-state index in [-0.39, 0.29) is 30.3 Å². The van der Waals surface area contributed by atoms with Crippen LogP contribution in [-0.2, 0) is 20.3 Å². The summed E-state index contributed by atoms with van der Waals surface area (Å²) in [4.78, 5) is 8.50. The number of aromatic nitrogens is 1. The van der Waals surface area contributed by atoms with Gasteiger partial charge in [0.25, 0.3) is 6.02 Å². The van der Waals surface area contributed by atoms with E-state index < -0.39 is 33.0 Å². The third-order valence-electron chi connectivity index (χ3n) is 7.92. The number of halogens is 1. The molecule has 0 bridgehead atoms. The molecule has 1 saturated heterocycles. The van der Waals surface area contributed by atoms with E-state index in [9.17, 15) is 12.8 Å². The van der Waals surface area contributed by atoms with Crippen molar-refractivity contribution in [2.75, 3.05) is 18.8 Å². The van der Waals surface area contributed by atoms with E-state index in [1.54, 1.807) is 22.5 Å². The van der Waals surface area contributed by atoms with Crippen molar-refractivity contribution < 1.29 is 22.3 Å². The third kappa shape index (κ3) is 2.50. The predicted octanol–water partition coefficient (Wildman–Crippen LogP) is 2.00. The summed E-state index contributed by atoms with van der Waals surface area (Å²) in [6, 6.07) is 8.93. The summed E-state index contributed by atoms with van der Waals surface area (Å²) in [7, 11) is -3.38. The number of fused-ring (bicyclic) bond motifs is 1. The van der Waals surface area contributed by atoms with Crippen LogP contribution in [0.4, 0.5) is 4.39 Å². The largest absolute Gasteiger partial charge is 0.489 e. The lowest BCUT2D eigenvalue weighted by molar-refractivity contribution is 0.0115. The molecule has 3 fully saturated rings. The molecule has 10 heteroatoms. The maximum atomic E-state index is 14.4. The van der Waals surface area contributed by atoms with E-state index in [2.05, 4.69) is 4.98 Å².